The second kappa shape index (κ2) is 8.11. The molecule has 4 nitrogen and oxygen atoms in total. The van der Waals surface area contributed by atoms with Crippen LogP contribution in [0.25, 0.3) is 0 Å². The largest absolute Gasteiger partial charge is 0.467 e. The normalized spacial score (nSPS) is 13.1. The lowest BCUT2D eigenvalue weighted by Crippen LogP contribution is -2.41. The highest BCUT2D eigenvalue weighted by molar-refractivity contribution is 9.11. The Morgan fingerprint density at radius 2 is 1.58 bits per heavy atom. The number of nitrogens with one attached hydrogen (secondary N) is 1. The minimum absolute atomic E-state index is 0.102. The van der Waals surface area contributed by atoms with Crippen LogP contribution in [0.4, 0.5) is 26.3 Å². The van der Waals surface area contributed by atoms with Gasteiger partial charge in [-0.3, -0.25) is 4.79 Å². The smallest absolute Gasteiger partial charge is 0.416 e. The summed E-state index contributed by atoms with van der Waals surface area (Å²) in [6, 6.07) is -0.915. The molecule has 0 saturated heterocycles. The highest BCUT2D eigenvalue weighted by atomic mass is 79.9. The molecular weight excluding hydrogens is 436 g/mol. The molecule has 1 atom stereocenters. The van der Waals surface area contributed by atoms with Gasteiger partial charge in [-0.15, -0.1) is 0 Å². The van der Waals surface area contributed by atoms with Gasteiger partial charge in [-0.05, 0) is 22.7 Å². The number of amides is 1. The summed E-state index contributed by atoms with van der Waals surface area (Å²) in [5.74, 6) is -2.24. The zero-order chi connectivity index (χ0) is 20.3. The highest BCUT2D eigenvalue weighted by Gasteiger charge is 2.37. The van der Waals surface area contributed by atoms with E-state index in [9.17, 15) is 35.9 Å². The first kappa shape index (κ1) is 22.0. The summed E-state index contributed by atoms with van der Waals surface area (Å²) in [6.45, 7) is 3.44. The summed E-state index contributed by atoms with van der Waals surface area (Å²) in [5, 5.41) is 2.03. The number of carbonyl (C=O) groups excluding carboxylic acids is 2. The first-order chi connectivity index (χ1) is 11.8. The molecule has 0 heterocycles. The second-order valence-electron chi connectivity index (χ2n) is 5.07. The van der Waals surface area contributed by atoms with Gasteiger partial charge in [0.05, 0.1) is 18.2 Å². The zero-order valence-corrected chi connectivity index (χ0v) is 14.7. The van der Waals surface area contributed by atoms with Crippen molar-refractivity contribution in [1.29, 1.82) is 0 Å². The SMILES string of the molecule is C=C(Br)C[C@H](NC(=O)c1cc(C(F)(F)F)cc(C(F)(F)F)c1)C(=O)OC. The van der Waals surface area contributed by atoms with Crippen molar-refractivity contribution in [3.8, 4) is 0 Å². The van der Waals surface area contributed by atoms with Crippen LogP contribution >= 0.6 is 15.9 Å². The van der Waals surface area contributed by atoms with E-state index in [0.29, 0.717) is 0 Å². The van der Waals surface area contributed by atoms with Crippen LogP contribution < -0.4 is 5.32 Å². The van der Waals surface area contributed by atoms with Crippen molar-refractivity contribution < 1.29 is 40.7 Å². The van der Waals surface area contributed by atoms with Crippen molar-refractivity contribution in [2.24, 2.45) is 0 Å². The van der Waals surface area contributed by atoms with Gasteiger partial charge in [0.2, 0.25) is 0 Å². The number of methoxy groups -OCH3 is 1. The van der Waals surface area contributed by atoms with Crippen LogP contribution in [0.15, 0.2) is 29.3 Å². The minimum atomic E-state index is -5.10. The Bertz CT molecular complexity index is 682. The fourth-order valence-electron chi connectivity index (χ4n) is 1.88. The molecule has 0 radical (unpaired) electrons. The Kier molecular flexibility index (Phi) is 6.86. The van der Waals surface area contributed by atoms with Crippen LogP contribution in [0.2, 0.25) is 0 Å². The number of carbonyl (C=O) groups is 2. The van der Waals surface area contributed by atoms with Crippen LogP contribution in [-0.2, 0) is 21.9 Å². The summed E-state index contributed by atoms with van der Waals surface area (Å²) in [6.07, 6.45) is -10.4. The molecule has 1 rings (SSSR count). The summed E-state index contributed by atoms with van der Waals surface area (Å²) in [5.41, 5.74) is -4.18. The van der Waals surface area contributed by atoms with Crippen molar-refractivity contribution in [2.45, 2.75) is 24.8 Å². The molecule has 0 aliphatic rings. The molecule has 0 aliphatic heterocycles. The van der Waals surface area contributed by atoms with Gasteiger partial charge in [-0.2, -0.15) is 26.3 Å². The van der Waals surface area contributed by atoms with Gasteiger partial charge >= 0.3 is 18.3 Å². The van der Waals surface area contributed by atoms with E-state index in [0.717, 1.165) is 7.11 Å². The maximum Gasteiger partial charge on any atom is 0.416 e. The number of alkyl halides is 6. The Labute approximate surface area is 152 Å². The summed E-state index contributed by atoms with van der Waals surface area (Å²) >= 11 is 2.94. The van der Waals surface area contributed by atoms with Gasteiger partial charge < -0.3 is 10.1 Å². The monoisotopic (exact) mass is 447 g/mol. The predicted octanol–water partition coefficient (Wildman–Crippen LogP) is 4.29. The van der Waals surface area contributed by atoms with Crippen molar-refractivity contribution in [3.63, 3.8) is 0 Å². The van der Waals surface area contributed by atoms with E-state index < -0.39 is 47.0 Å². The summed E-state index contributed by atoms with van der Waals surface area (Å²) in [7, 11) is 1.00. The number of hydrogen-bond donors (Lipinski definition) is 1. The van der Waals surface area contributed by atoms with Crippen LogP contribution in [0, 0.1) is 0 Å². The molecule has 0 saturated carbocycles. The van der Waals surface area contributed by atoms with Crippen molar-refractivity contribution in [3.05, 3.63) is 46.0 Å². The molecule has 0 aromatic heterocycles. The van der Waals surface area contributed by atoms with Crippen molar-refractivity contribution >= 4 is 27.8 Å². The van der Waals surface area contributed by atoms with E-state index in [-0.39, 0.29) is 29.1 Å². The number of halogens is 7. The lowest BCUT2D eigenvalue weighted by atomic mass is 10.0. The van der Waals surface area contributed by atoms with Crippen molar-refractivity contribution in [2.75, 3.05) is 7.11 Å². The Hall–Kier alpha value is -2.04. The predicted molar refractivity (Wildman–Crippen MR) is 82.4 cm³/mol. The highest BCUT2D eigenvalue weighted by Crippen LogP contribution is 2.36. The molecule has 26 heavy (non-hydrogen) atoms. The Balaban J connectivity index is 3.29. The first-order valence-electron chi connectivity index (χ1n) is 6.77. The van der Waals surface area contributed by atoms with Crippen LogP contribution in [0.1, 0.15) is 27.9 Å². The molecule has 1 N–H and O–H groups in total. The summed E-state index contributed by atoms with van der Waals surface area (Å²) < 4.78 is 81.6. The standard InChI is InChI=1S/C15H12BrF6NO3/c1-7(16)3-11(13(25)26-2)23-12(24)8-4-9(14(17,18)19)6-10(5-8)15(20,21)22/h4-6,11H,1,3H2,2H3,(H,23,24)/t11-/m0/s1. The second-order valence-corrected chi connectivity index (χ2v) is 6.19. The first-order valence-corrected chi connectivity index (χ1v) is 7.56. The molecule has 1 aromatic carbocycles. The molecule has 144 valence electrons. The molecule has 1 amide bonds. The van der Waals surface area contributed by atoms with E-state index in [1.54, 1.807) is 0 Å². The molecule has 1 aromatic rings. The quantitative estimate of drug-likeness (QED) is 0.540. The molecule has 0 bridgehead atoms. The lowest BCUT2D eigenvalue weighted by molar-refractivity contribution is -0.144. The van der Waals surface area contributed by atoms with Crippen LogP contribution in [0.5, 0.6) is 0 Å². The van der Waals surface area contributed by atoms with Gasteiger partial charge in [0.1, 0.15) is 6.04 Å². The molecular formula is C15H12BrF6NO3. The molecule has 0 unspecified atom stereocenters. The van der Waals surface area contributed by atoms with Crippen LogP contribution in [0.3, 0.4) is 0 Å². The van der Waals surface area contributed by atoms with E-state index in [1.165, 1.54) is 0 Å². The van der Waals surface area contributed by atoms with Crippen LogP contribution in [-0.4, -0.2) is 25.0 Å². The number of hydrogen-bond acceptors (Lipinski definition) is 3. The topological polar surface area (TPSA) is 55.4 Å². The van der Waals surface area contributed by atoms with Gasteiger partial charge in [0.15, 0.2) is 0 Å². The van der Waals surface area contributed by atoms with Gasteiger partial charge in [-0.1, -0.05) is 22.5 Å². The average molecular weight is 448 g/mol. The minimum Gasteiger partial charge on any atom is -0.467 e. The number of benzene rings is 1. The Morgan fingerprint density at radius 3 is 1.92 bits per heavy atom. The van der Waals surface area contributed by atoms with Gasteiger partial charge in [-0.25, -0.2) is 4.79 Å². The zero-order valence-electron chi connectivity index (χ0n) is 13.1. The third-order valence-corrected chi connectivity index (χ3v) is 3.39. The summed E-state index contributed by atoms with van der Waals surface area (Å²) in [4.78, 5) is 23.7. The molecule has 0 fully saturated rings. The van der Waals surface area contributed by atoms with E-state index in [1.807, 2.05) is 5.32 Å². The maximum atomic E-state index is 12.8. The van der Waals surface area contributed by atoms with Gasteiger partial charge in [0.25, 0.3) is 5.91 Å². The molecule has 0 aliphatic carbocycles. The number of esters is 1. The third kappa shape index (κ3) is 6.04. The lowest BCUT2D eigenvalue weighted by Gasteiger charge is -2.18. The van der Waals surface area contributed by atoms with Crippen molar-refractivity contribution in [1.82, 2.24) is 5.32 Å². The van der Waals surface area contributed by atoms with E-state index in [2.05, 4.69) is 27.2 Å². The average Bonchev–Trinajstić information content (AvgIpc) is 2.50. The number of rotatable bonds is 5. The number of ether oxygens (including phenoxy) is 1. The van der Waals surface area contributed by atoms with E-state index >= 15 is 0 Å². The van der Waals surface area contributed by atoms with Gasteiger partial charge in [0, 0.05) is 12.0 Å². The maximum absolute atomic E-state index is 12.8. The molecule has 11 heteroatoms. The Morgan fingerprint density at radius 1 is 1.12 bits per heavy atom. The third-order valence-electron chi connectivity index (χ3n) is 3.07. The van der Waals surface area contributed by atoms with E-state index in [4.69, 9.17) is 0 Å². The molecule has 0 spiro atoms. The fourth-order valence-corrected chi connectivity index (χ4v) is 2.21. The fraction of sp³-hybridized carbons (Fsp3) is 0.333.